The number of hydrogen-bond donors (Lipinski definition) is 2. The van der Waals surface area contributed by atoms with E-state index in [1.54, 1.807) is 0 Å². The van der Waals surface area contributed by atoms with E-state index in [9.17, 15) is 4.79 Å². The summed E-state index contributed by atoms with van der Waals surface area (Å²) < 4.78 is 10.0. The Bertz CT molecular complexity index is 136. The van der Waals surface area contributed by atoms with Crippen LogP contribution in [0.5, 0.6) is 0 Å². The van der Waals surface area contributed by atoms with Gasteiger partial charge in [-0.3, -0.25) is 4.79 Å². The summed E-state index contributed by atoms with van der Waals surface area (Å²) in [6.07, 6.45) is 0.935. The first-order valence-electron chi connectivity index (χ1n) is 5.08. The second kappa shape index (κ2) is 13.4. The average Bonchev–Trinajstić information content (AvgIpc) is 2.24. The van der Waals surface area contributed by atoms with Crippen molar-refractivity contribution in [2.45, 2.75) is 33.3 Å². The minimum Gasteiger partial charge on any atom is -0.463 e. The first-order chi connectivity index (χ1) is 7.12. The summed E-state index contributed by atoms with van der Waals surface area (Å²) >= 11 is 0. The normalized spacial score (nSPS) is 11.3. The maximum atomic E-state index is 10.4. The highest BCUT2D eigenvalue weighted by molar-refractivity contribution is 5.65. The summed E-state index contributed by atoms with van der Waals surface area (Å²) in [7, 11) is 0. The summed E-state index contributed by atoms with van der Waals surface area (Å²) in [4.78, 5) is 10.4. The molecule has 92 valence electrons. The summed E-state index contributed by atoms with van der Waals surface area (Å²) in [5, 5.41) is 15.2. The maximum Gasteiger partial charge on any atom is 0.302 e. The molecular formula is C10H22O5. The molecule has 0 heterocycles. The molecule has 0 amide bonds. The topological polar surface area (TPSA) is 76.0 Å². The molecule has 1 atom stereocenters. The molecule has 2 N–H and O–H groups in total. The fourth-order valence-corrected chi connectivity index (χ4v) is 0.730. The standard InChI is InChI=1S/C8H16O3.C2H6O2/c1-4-8(10-5-2)6-11-7(3)9;3-1-2-4/h8H,4-6H2,1-3H3;3-4H,1-2H2. The van der Waals surface area contributed by atoms with Crippen LogP contribution >= 0.6 is 0 Å². The molecule has 0 spiro atoms. The van der Waals surface area contributed by atoms with Crippen LogP contribution in [0, 0.1) is 0 Å². The number of ether oxygens (including phenoxy) is 2. The minimum absolute atomic E-state index is 0.0592. The molecule has 0 aliphatic heterocycles. The fourth-order valence-electron chi connectivity index (χ4n) is 0.730. The quantitative estimate of drug-likeness (QED) is 0.634. The molecule has 5 nitrogen and oxygen atoms in total. The highest BCUT2D eigenvalue weighted by atomic mass is 16.6. The zero-order valence-corrected chi connectivity index (χ0v) is 9.73. The lowest BCUT2D eigenvalue weighted by atomic mass is 10.3. The average molecular weight is 222 g/mol. The van der Waals surface area contributed by atoms with Crippen molar-refractivity contribution in [3.05, 3.63) is 0 Å². The van der Waals surface area contributed by atoms with Gasteiger partial charge in [0.25, 0.3) is 0 Å². The lowest BCUT2D eigenvalue weighted by Crippen LogP contribution is -2.20. The molecule has 0 saturated heterocycles. The summed E-state index contributed by atoms with van der Waals surface area (Å²) in [6.45, 7) is 6.12. The summed E-state index contributed by atoms with van der Waals surface area (Å²) in [6, 6.07) is 0. The number of carbonyl (C=O) groups is 1. The van der Waals surface area contributed by atoms with Gasteiger partial charge in [-0.1, -0.05) is 6.92 Å². The fraction of sp³-hybridized carbons (Fsp3) is 0.900. The van der Waals surface area contributed by atoms with Crippen LogP contribution in [0.2, 0.25) is 0 Å². The highest BCUT2D eigenvalue weighted by Gasteiger charge is 2.06. The van der Waals surface area contributed by atoms with Crippen LogP contribution in [0.1, 0.15) is 27.2 Å². The Morgan fingerprint density at radius 1 is 1.27 bits per heavy atom. The molecule has 15 heavy (non-hydrogen) atoms. The molecule has 0 radical (unpaired) electrons. The maximum absolute atomic E-state index is 10.4. The summed E-state index contributed by atoms with van der Waals surface area (Å²) in [5.74, 6) is -0.247. The van der Waals surface area contributed by atoms with Crippen molar-refractivity contribution in [1.29, 1.82) is 0 Å². The van der Waals surface area contributed by atoms with Gasteiger partial charge in [0, 0.05) is 13.5 Å². The second-order valence-electron chi connectivity index (χ2n) is 2.74. The molecule has 5 heteroatoms. The zero-order chi connectivity index (χ0) is 12.1. The molecule has 1 unspecified atom stereocenters. The molecule has 0 aliphatic rings. The molecular weight excluding hydrogens is 200 g/mol. The number of rotatable bonds is 6. The SMILES string of the molecule is CCOC(CC)COC(C)=O.OCCO. The van der Waals surface area contributed by atoms with Crippen molar-refractivity contribution in [1.82, 2.24) is 0 Å². The van der Waals surface area contributed by atoms with E-state index in [0.29, 0.717) is 13.2 Å². The molecule has 0 rings (SSSR count). The van der Waals surface area contributed by atoms with Crippen molar-refractivity contribution in [3.63, 3.8) is 0 Å². The van der Waals surface area contributed by atoms with Crippen LogP contribution in [-0.4, -0.2) is 48.7 Å². The zero-order valence-electron chi connectivity index (χ0n) is 9.73. The number of hydrogen-bond acceptors (Lipinski definition) is 5. The predicted octanol–water partition coefficient (Wildman–Crippen LogP) is 0.336. The smallest absolute Gasteiger partial charge is 0.302 e. The van der Waals surface area contributed by atoms with E-state index in [1.165, 1.54) is 6.92 Å². The Kier molecular flexibility index (Phi) is 14.9. The van der Waals surface area contributed by atoms with E-state index < -0.39 is 0 Å². The van der Waals surface area contributed by atoms with E-state index in [2.05, 4.69) is 0 Å². The van der Waals surface area contributed by atoms with Gasteiger partial charge >= 0.3 is 5.97 Å². The van der Waals surface area contributed by atoms with Crippen LogP contribution in [0.25, 0.3) is 0 Å². The number of aliphatic hydroxyl groups is 2. The van der Waals surface area contributed by atoms with Crippen molar-refractivity contribution in [2.24, 2.45) is 0 Å². The monoisotopic (exact) mass is 222 g/mol. The van der Waals surface area contributed by atoms with Crippen molar-refractivity contribution >= 4 is 5.97 Å². The first-order valence-corrected chi connectivity index (χ1v) is 5.08. The number of aliphatic hydroxyl groups excluding tert-OH is 2. The van der Waals surface area contributed by atoms with Gasteiger partial charge in [0.05, 0.1) is 19.3 Å². The van der Waals surface area contributed by atoms with Gasteiger partial charge in [0.1, 0.15) is 6.61 Å². The van der Waals surface area contributed by atoms with Crippen LogP contribution < -0.4 is 0 Å². The molecule has 0 aromatic rings. The van der Waals surface area contributed by atoms with Crippen LogP contribution in [0.4, 0.5) is 0 Å². The Morgan fingerprint density at radius 3 is 2.07 bits per heavy atom. The van der Waals surface area contributed by atoms with Gasteiger partial charge in [-0.25, -0.2) is 0 Å². The largest absolute Gasteiger partial charge is 0.463 e. The van der Waals surface area contributed by atoms with Gasteiger partial charge in [-0.15, -0.1) is 0 Å². The number of carbonyl (C=O) groups excluding carboxylic acids is 1. The third-order valence-corrected chi connectivity index (χ3v) is 1.43. The first kappa shape index (κ1) is 16.8. The Labute approximate surface area is 91.0 Å². The van der Waals surface area contributed by atoms with Gasteiger partial charge in [0.15, 0.2) is 0 Å². The third kappa shape index (κ3) is 16.1. The lowest BCUT2D eigenvalue weighted by molar-refractivity contribution is -0.145. The molecule has 0 aliphatic carbocycles. The van der Waals surface area contributed by atoms with Crippen molar-refractivity contribution in [2.75, 3.05) is 26.4 Å². The summed E-state index contributed by atoms with van der Waals surface area (Å²) in [5.41, 5.74) is 0. The van der Waals surface area contributed by atoms with E-state index in [4.69, 9.17) is 19.7 Å². The van der Waals surface area contributed by atoms with Gasteiger partial charge in [-0.05, 0) is 13.3 Å². The molecule has 0 bridgehead atoms. The van der Waals surface area contributed by atoms with Crippen LogP contribution in [-0.2, 0) is 14.3 Å². The highest BCUT2D eigenvalue weighted by Crippen LogP contribution is 1.98. The second-order valence-corrected chi connectivity index (χ2v) is 2.74. The molecule has 0 saturated carbocycles. The van der Waals surface area contributed by atoms with Gasteiger partial charge in [-0.2, -0.15) is 0 Å². The molecule has 0 aromatic heterocycles. The Hall–Kier alpha value is -0.650. The van der Waals surface area contributed by atoms with E-state index >= 15 is 0 Å². The minimum atomic E-state index is -0.247. The third-order valence-electron chi connectivity index (χ3n) is 1.43. The van der Waals surface area contributed by atoms with Crippen LogP contribution in [0.15, 0.2) is 0 Å². The van der Waals surface area contributed by atoms with Crippen molar-refractivity contribution in [3.8, 4) is 0 Å². The Morgan fingerprint density at radius 2 is 1.80 bits per heavy atom. The van der Waals surface area contributed by atoms with Gasteiger partial charge in [0.2, 0.25) is 0 Å². The van der Waals surface area contributed by atoms with Gasteiger partial charge < -0.3 is 19.7 Å². The Balaban J connectivity index is 0. The van der Waals surface area contributed by atoms with E-state index in [1.807, 2.05) is 13.8 Å². The molecule has 0 aromatic carbocycles. The predicted molar refractivity (Wildman–Crippen MR) is 56.5 cm³/mol. The number of esters is 1. The van der Waals surface area contributed by atoms with Crippen LogP contribution in [0.3, 0.4) is 0 Å². The molecule has 0 fully saturated rings. The van der Waals surface area contributed by atoms with E-state index in [-0.39, 0.29) is 25.3 Å². The van der Waals surface area contributed by atoms with Crippen molar-refractivity contribution < 1.29 is 24.5 Å². The lowest BCUT2D eigenvalue weighted by Gasteiger charge is -2.13. The van der Waals surface area contributed by atoms with E-state index in [0.717, 1.165) is 6.42 Å².